The summed E-state index contributed by atoms with van der Waals surface area (Å²) in [6.07, 6.45) is 1.59. The zero-order valence-corrected chi connectivity index (χ0v) is 15.2. The van der Waals surface area contributed by atoms with Crippen molar-refractivity contribution in [3.8, 4) is 0 Å². The van der Waals surface area contributed by atoms with E-state index in [0.717, 1.165) is 32.1 Å². The lowest BCUT2D eigenvalue weighted by Gasteiger charge is -2.24. The molecular formula is C13H27IN4O2. The van der Waals surface area contributed by atoms with Crippen molar-refractivity contribution >= 4 is 35.8 Å². The summed E-state index contributed by atoms with van der Waals surface area (Å²) in [6.45, 7) is 3.23. The molecule has 118 valence electrons. The van der Waals surface area contributed by atoms with Gasteiger partial charge in [-0.3, -0.25) is 9.79 Å². The summed E-state index contributed by atoms with van der Waals surface area (Å²) >= 11 is 0. The molecule has 1 saturated heterocycles. The Morgan fingerprint density at radius 3 is 2.60 bits per heavy atom. The van der Waals surface area contributed by atoms with E-state index < -0.39 is 0 Å². The highest BCUT2D eigenvalue weighted by atomic mass is 127. The van der Waals surface area contributed by atoms with Crippen molar-refractivity contribution in [1.82, 2.24) is 15.1 Å². The number of nitrogens with zero attached hydrogens (tertiary/aromatic N) is 3. The van der Waals surface area contributed by atoms with Crippen LogP contribution in [0.25, 0.3) is 0 Å². The minimum absolute atomic E-state index is 0. The quantitative estimate of drug-likeness (QED) is 0.419. The third kappa shape index (κ3) is 6.74. The molecule has 1 aliphatic heterocycles. The monoisotopic (exact) mass is 398 g/mol. The van der Waals surface area contributed by atoms with Crippen molar-refractivity contribution < 1.29 is 9.53 Å². The van der Waals surface area contributed by atoms with E-state index >= 15 is 0 Å². The third-order valence-corrected chi connectivity index (χ3v) is 3.25. The summed E-state index contributed by atoms with van der Waals surface area (Å²) in [7, 11) is 7.31. The maximum absolute atomic E-state index is 11.5. The van der Waals surface area contributed by atoms with Crippen LogP contribution in [0.1, 0.15) is 12.8 Å². The maximum Gasteiger partial charge on any atom is 0.223 e. The molecule has 0 aromatic heterocycles. The van der Waals surface area contributed by atoms with Crippen LogP contribution in [0.2, 0.25) is 0 Å². The summed E-state index contributed by atoms with van der Waals surface area (Å²) in [4.78, 5) is 19.4. The van der Waals surface area contributed by atoms with Gasteiger partial charge in [0.15, 0.2) is 5.96 Å². The van der Waals surface area contributed by atoms with Crippen LogP contribution >= 0.6 is 24.0 Å². The van der Waals surface area contributed by atoms with Gasteiger partial charge in [-0.25, -0.2) is 0 Å². The molecule has 1 heterocycles. The van der Waals surface area contributed by atoms with Crippen molar-refractivity contribution in [2.24, 2.45) is 10.9 Å². The van der Waals surface area contributed by atoms with Crippen LogP contribution in [0.15, 0.2) is 4.99 Å². The minimum atomic E-state index is 0. The largest absolute Gasteiger partial charge is 0.381 e. The third-order valence-electron chi connectivity index (χ3n) is 3.25. The van der Waals surface area contributed by atoms with Crippen LogP contribution in [0.4, 0.5) is 0 Å². The molecule has 0 saturated carbocycles. The molecule has 1 aliphatic rings. The Bertz CT molecular complexity index is 317. The molecule has 6 nitrogen and oxygen atoms in total. The van der Waals surface area contributed by atoms with Gasteiger partial charge in [0.1, 0.15) is 0 Å². The Hall–Kier alpha value is -0.570. The molecule has 0 radical (unpaired) electrons. The number of carbonyl (C=O) groups excluding carboxylic acids is 1. The van der Waals surface area contributed by atoms with Gasteiger partial charge in [-0.05, 0) is 6.42 Å². The molecule has 0 aliphatic carbocycles. The summed E-state index contributed by atoms with van der Waals surface area (Å²) in [5.74, 6) is 1.53. The number of amides is 1. The standard InChI is InChI=1S/C13H26N4O2.HI/c1-14-13(15-7-5-12(18)16(2)3)17(4)9-11-6-8-19-10-11;/h11H,5-10H2,1-4H3,(H,14,15);1H. The number of rotatable bonds is 5. The molecule has 1 atom stereocenters. The summed E-state index contributed by atoms with van der Waals surface area (Å²) in [5, 5.41) is 3.22. The Labute approximate surface area is 138 Å². The molecule has 0 spiro atoms. The van der Waals surface area contributed by atoms with Crippen LogP contribution < -0.4 is 5.32 Å². The van der Waals surface area contributed by atoms with Gasteiger partial charge in [0.05, 0.1) is 6.61 Å². The average molecular weight is 398 g/mol. The van der Waals surface area contributed by atoms with Crippen LogP contribution in [0.3, 0.4) is 0 Å². The van der Waals surface area contributed by atoms with Crippen LogP contribution in [0.5, 0.6) is 0 Å². The summed E-state index contributed by atoms with van der Waals surface area (Å²) in [6, 6.07) is 0. The van der Waals surface area contributed by atoms with Gasteiger partial charge in [0.2, 0.25) is 5.91 Å². The molecule has 0 aromatic carbocycles. The van der Waals surface area contributed by atoms with Gasteiger partial charge in [-0.15, -0.1) is 24.0 Å². The van der Waals surface area contributed by atoms with Crippen LogP contribution in [0, 0.1) is 5.92 Å². The second kappa shape index (κ2) is 10.2. The summed E-state index contributed by atoms with van der Waals surface area (Å²) in [5.41, 5.74) is 0. The number of ether oxygens (including phenoxy) is 1. The van der Waals surface area contributed by atoms with Crippen molar-refractivity contribution in [3.63, 3.8) is 0 Å². The maximum atomic E-state index is 11.5. The molecular weight excluding hydrogens is 371 g/mol. The molecule has 7 heteroatoms. The second-order valence-corrected chi connectivity index (χ2v) is 5.12. The van der Waals surface area contributed by atoms with Crippen molar-refractivity contribution in [1.29, 1.82) is 0 Å². The number of halogens is 1. The summed E-state index contributed by atoms with van der Waals surface area (Å²) < 4.78 is 5.37. The molecule has 20 heavy (non-hydrogen) atoms. The number of aliphatic imine (C=N–C) groups is 1. The lowest BCUT2D eigenvalue weighted by Crippen LogP contribution is -2.42. The first-order valence-electron chi connectivity index (χ1n) is 6.74. The molecule has 1 fully saturated rings. The van der Waals surface area contributed by atoms with E-state index in [4.69, 9.17) is 4.74 Å². The second-order valence-electron chi connectivity index (χ2n) is 5.12. The van der Waals surface area contributed by atoms with Gasteiger partial charge in [0.25, 0.3) is 0 Å². The Kier molecular flexibility index (Phi) is 9.91. The normalized spacial score (nSPS) is 18.4. The highest BCUT2D eigenvalue weighted by Gasteiger charge is 2.19. The van der Waals surface area contributed by atoms with Crippen LogP contribution in [-0.4, -0.2) is 76.2 Å². The Morgan fingerprint density at radius 2 is 2.10 bits per heavy atom. The fourth-order valence-electron chi connectivity index (χ4n) is 2.09. The topological polar surface area (TPSA) is 57.2 Å². The molecule has 1 unspecified atom stereocenters. The van der Waals surface area contributed by atoms with Gasteiger partial charge < -0.3 is 19.9 Å². The van der Waals surface area contributed by atoms with Gasteiger partial charge in [-0.1, -0.05) is 0 Å². The number of hydrogen-bond acceptors (Lipinski definition) is 3. The first kappa shape index (κ1) is 19.4. The van der Waals surface area contributed by atoms with Gasteiger partial charge in [0, 0.05) is 60.2 Å². The fraction of sp³-hybridized carbons (Fsp3) is 0.846. The van der Waals surface area contributed by atoms with Crippen molar-refractivity contribution in [2.45, 2.75) is 12.8 Å². The Balaban J connectivity index is 0.00000361. The molecule has 1 N–H and O–H groups in total. The SMILES string of the molecule is CN=C(NCCC(=O)N(C)C)N(C)CC1CCOC1.I. The highest BCUT2D eigenvalue weighted by Crippen LogP contribution is 2.13. The van der Waals surface area contributed by atoms with Crippen molar-refractivity contribution in [2.75, 3.05) is 54.5 Å². The van der Waals surface area contributed by atoms with E-state index in [9.17, 15) is 4.79 Å². The van der Waals surface area contributed by atoms with Crippen molar-refractivity contribution in [3.05, 3.63) is 0 Å². The van der Waals surface area contributed by atoms with E-state index in [1.54, 1.807) is 26.0 Å². The molecule has 1 amide bonds. The van der Waals surface area contributed by atoms with E-state index in [-0.39, 0.29) is 29.9 Å². The number of carbonyl (C=O) groups is 1. The zero-order chi connectivity index (χ0) is 14.3. The van der Waals surface area contributed by atoms with Crippen LogP contribution in [-0.2, 0) is 9.53 Å². The van der Waals surface area contributed by atoms with Gasteiger partial charge in [-0.2, -0.15) is 0 Å². The minimum Gasteiger partial charge on any atom is -0.381 e. The predicted octanol–water partition coefficient (Wildman–Crippen LogP) is 0.626. The number of guanidine groups is 1. The average Bonchev–Trinajstić information content (AvgIpc) is 2.86. The van der Waals surface area contributed by atoms with E-state index in [1.165, 1.54) is 0 Å². The number of nitrogens with one attached hydrogen (secondary N) is 1. The van der Waals surface area contributed by atoms with E-state index in [2.05, 4.69) is 15.2 Å². The molecule has 0 bridgehead atoms. The molecule has 0 aromatic rings. The lowest BCUT2D eigenvalue weighted by atomic mass is 10.1. The lowest BCUT2D eigenvalue weighted by molar-refractivity contribution is -0.128. The first-order chi connectivity index (χ1) is 9.04. The van der Waals surface area contributed by atoms with E-state index in [0.29, 0.717) is 18.9 Å². The van der Waals surface area contributed by atoms with E-state index in [1.807, 2.05) is 7.05 Å². The van der Waals surface area contributed by atoms with Gasteiger partial charge >= 0.3 is 0 Å². The highest BCUT2D eigenvalue weighted by molar-refractivity contribution is 14.0. The molecule has 1 rings (SSSR count). The smallest absolute Gasteiger partial charge is 0.223 e. The Morgan fingerprint density at radius 1 is 1.40 bits per heavy atom. The zero-order valence-electron chi connectivity index (χ0n) is 12.9. The fourth-order valence-corrected chi connectivity index (χ4v) is 2.09. The number of hydrogen-bond donors (Lipinski definition) is 1. The predicted molar refractivity (Wildman–Crippen MR) is 91.6 cm³/mol. The first-order valence-corrected chi connectivity index (χ1v) is 6.74.